The van der Waals surface area contributed by atoms with E-state index in [1.54, 1.807) is 31.2 Å². The number of allylic oxidation sites excluding steroid dienone is 1. The van der Waals surface area contributed by atoms with E-state index in [4.69, 9.17) is 4.74 Å². The summed E-state index contributed by atoms with van der Waals surface area (Å²) in [5.41, 5.74) is 1.96. The van der Waals surface area contributed by atoms with E-state index in [2.05, 4.69) is 6.58 Å². The van der Waals surface area contributed by atoms with Crippen molar-refractivity contribution in [3.05, 3.63) is 71.5 Å². The highest BCUT2D eigenvalue weighted by Crippen LogP contribution is 2.25. The number of carboxylic acids is 1. The number of phenolic OH excluding ortho intramolecular Hbond substituents is 3. The Kier molecular flexibility index (Phi) is 5.90. The monoisotopic (exact) mass is 356 g/mol. The van der Waals surface area contributed by atoms with Crippen LogP contribution < -0.4 is 0 Å². The van der Waals surface area contributed by atoms with Gasteiger partial charge < -0.3 is 25.2 Å². The van der Waals surface area contributed by atoms with Gasteiger partial charge in [-0.25, -0.2) is 4.79 Å². The van der Waals surface area contributed by atoms with Crippen LogP contribution in [0.25, 0.3) is 6.08 Å². The van der Waals surface area contributed by atoms with Gasteiger partial charge in [0.15, 0.2) is 17.6 Å². The molecule has 0 heterocycles. The van der Waals surface area contributed by atoms with E-state index in [0.717, 1.165) is 0 Å². The second-order valence-electron chi connectivity index (χ2n) is 5.82. The van der Waals surface area contributed by atoms with E-state index >= 15 is 0 Å². The van der Waals surface area contributed by atoms with Crippen LogP contribution in [0, 0.1) is 6.92 Å². The summed E-state index contributed by atoms with van der Waals surface area (Å²) < 4.78 is 5.41. The average molecular weight is 356 g/mol. The molecule has 0 amide bonds. The summed E-state index contributed by atoms with van der Waals surface area (Å²) in [6, 6.07) is 9.12. The van der Waals surface area contributed by atoms with Crippen LogP contribution in [0.2, 0.25) is 0 Å². The zero-order chi connectivity index (χ0) is 19.3. The second-order valence-corrected chi connectivity index (χ2v) is 5.82. The first-order chi connectivity index (χ1) is 12.3. The molecule has 0 radical (unpaired) electrons. The van der Waals surface area contributed by atoms with Crippen molar-refractivity contribution >= 4 is 12.0 Å². The number of aromatic hydroxyl groups is 3. The molecule has 0 saturated heterocycles. The SMILES string of the molecule is C=C(/C=C/c1ccc(O)c(O)c1)OC(Cc1ccc(O)c(C)c1)C(=O)O. The topological polar surface area (TPSA) is 107 Å². The third-order valence-corrected chi connectivity index (χ3v) is 3.71. The maximum Gasteiger partial charge on any atom is 0.345 e. The van der Waals surface area contributed by atoms with Crippen molar-refractivity contribution < 1.29 is 30.0 Å². The van der Waals surface area contributed by atoms with Crippen molar-refractivity contribution in [2.45, 2.75) is 19.4 Å². The van der Waals surface area contributed by atoms with E-state index < -0.39 is 12.1 Å². The molecule has 2 rings (SSSR count). The fourth-order valence-corrected chi connectivity index (χ4v) is 2.29. The summed E-state index contributed by atoms with van der Waals surface area (Å²) in [5.74, 6) is -1.34. The first-order valence-electron chi connectivity index (χ1n) is 7.83. The maximum atomic E-state index is 11.4. The zero-order valence-corrected chi connectivity index (χ0v) is 14.2. The molecular formula is C20H20O6. The van der Waals surface area contributed by atoms with Gasteiger partial charge in [-0.3, -0.25) is 0 Å². The minimum absolute atomic E-state index is 0.114. The maximum absolute atomic E-state index is 11.4. The lowest BCUT2D eigenvalue weighted by atomic mass is 10.0. The molecule has 26 heavy (non-hydrogen) atoms. The summed E-state index contributed by atoms with van der Waals surface area (Å²) in [5, 5.41) is 37.6. The summed E-state index contributed by atoms with van der Waals surface area (Å²) in [6.07, 6.45) is 2.03. The van der Waals surface area contributed by atoms with Crippen LogP contribution in [0.5, 0.6) is 17.2 Å². The number of aryl methyl sites for hydroxylation is 1. The van der Waals surface area contributed by atoms with E-state index in [1.807, 2.05) is 0 Å². The molecule has 0 bridgehead atoms. The van der Waals surface area contributed by atoms with Gasteiger partial charge in [-0.05, 0) is 47.9 Å². The molecule has 0 aromatic heterocycles. The minimum atomic E-state index is -1.13. The molecule has 0 aliphatic heterocycles. The van der Waals surface area contributed by atoms with Crippen LogP contribution in [0.4, 0.5) is 0 Å². The Morgan fingerprint density at radius 3 is 2.42 bits per heavy atom. The summed E-state index contributed by atoms with van der Waals surface area (Å²) in [4.78, 5) is 11.4. The first kappa shape index (κ1) is 18.9. The van der Waals surface area contributed by atoms with E-state index in [9.17, 15) is 25.2 Å². The Morgan fingerprint density at radius 2 is 1.81 bits per heavy atom. The van der Waals surface area contributed by atoms with Crippen LogP contribution >= 0.6 is 0 Å². The van der Waals surface area contributed by atoms with Gasteiger partial charge in [0.05, 0.1) is 0 Å². The number of benzene rings is 2. The Morgan fingerprint density at radius 1 is 1.12 bits per heavy atom. The van der Waals surface area contributed by atoms with Crippen molar-refractivity contribution in [3.63, 3.8) is 0 Å². The standard InChI is InChI=1S/C20H20O6/c1-12-9-15(6-7-16(12)21)11-19(20(24)25)26-13(2)3-4-14-5-8-17(22)18(23)10-14/h3-10,19,21-23H,2,11H2,1H3,(H,24,25)/b4-3+. The Labute approximate surface area is 150 Å². The Hall–Kier alpha value is -3.41. The van der Waals surface area contributed by atoms with Crippen LogP contribution in [-0.4, -0.2) is 32.5 Å². The Balaban J connectivity index is 2.05. The molecule has 0 aliphatic rings. The molecule has 6 nitrogen and oxygen atoms in total. The van der Waals surface area contributed by atoms with Crippen molar-refractivity contribution in [2.75, 3.05) is 0 Å². The van der Waals surface area contributed by atoms with Crippen LogP contribution in [0.3, 0.4) is 0 Å². The van der Waals surface area contributed by atoms with E-state index in [-0.39, 0.29) is 29.4 Å². The fourth-order valence-electron chi connectivity index (χ4n) is 2.29. The van der Waals surface area contributed by atoms with Gasteiger partial charge in [-0.2, -0.15) is 0 Å². The first-order valence-corrected chi connectivity index (χ1v) is 7.83. The van der Waals surface area contributed by atoms with Gasteiger partial charge in [-0.15, -0.1) is 0 Å². The van der Waals surface area contributed by atoms with Gasteiger partial charge in [0.25, 0.3) is 0 Å². The normalized spacial score (nSPS) is 12.0. The third kappa shape index (κ3) is 5.04. The highest BCUT2D eigenvalue weighted by Gasteiger charge is 2.20. The van der Waals surface area contributed by atoms with Crippen LogP contribution in [0.15, 0.2) is 54.8 Å². The molecule has 0 spiro atoms. The van der Waals surface area contributed by atoms with Crippen LogP contribution in [0.1, 0.15) is 16.7 Å². The summed E-state index contributed by atoms with van der Waals surface area (Å²) in [7, 11) is 0. The zero-order valence-electron chi connectivity index (χ0n) is 14.2. The summed E-state index contributed by atoms with van der Waals surface area (Å²) >= 11 is 0. The van der Waals surface area contributed by atoms with Gasteiger partial charge in [0.2, 0.25) is 0 Å². The Bertz CT molecular complexity index is 853. The number of ether oxygens (including phenoxy) is 1. The minimum Gasteiger partial charge on any atom is -0.508 e. The molecule has 1 atom stereocenters. The van der Waals surface area contributed by atoms with Gasteiger partial charge in [-0.1, -0.05) is 30.9 Å². The highest BCUT2D eigenvalue weighted by molar-refractivity contribution is 5.73. The molecule has 4 N–H and O–H groups in total. The lowest BCUT2D eigenvalue weighted by Crippen LogP contribution is -2.25. The number of aliphatic carboxylic acids is 1. The quantitative estimate of drug-likeness (QED) is 0.344. The van der Waals surface area contributed by atoms with Crippen molar-refractivity contribution in [1.29, 1.82) is 0 Å². The predicted molar refractivity (Wildman–Crippen MR) is 97.0 cm³/mol. The van der Waals surface area contributed by atoms with Gasteiger partial charge >= 0.3 is 5.97 Å². The largest absolute Gasteiger partial charge is 0.508 e. The second kappa shape index (κ2) is 8.11. The number of carboxylic acid groups (broad SMARTS) is 1. The van der Waals surface area contributed by atoms with Crippen molar-refractivity contribution in [2.24, 2.45) is 0 Å². The van der Waals surface area contributed by atoms with E-state index in [1.165, 1.54) is 24.3 Å². The van der Waals surface area contributed by atoms with Gasteiger partial charge in [0.1, 0.15) is 11.5 Å². The number of carbonyl (C=O) groups is 1. The predicted octanol–water partition coefficient (Wildman–Crippen LogP) is 3.35. The van der Waals surface area contributed by atoms with Crippen molar-refractivity contribution in [3.8, 4) is 17.2 Å². The number of hydrogen-bond donors (Lipinski definition) is 4. The highest BCUT2D eigenvalue weighted by atomic mass is 16.5. The molecule has 0 aliphatic carbocycles. The van der Waals surface area contributed by atoms with Gasteiger partial charge in [0, 0.05) is 6.42 Å². The lowest BCUT2D eigenvalue weighted by molar-refractivity contribution is -0.147. The molecule has 136 valence electrons. The number of phenols is 3. The van der Waals surface area contributed by atoms with E-state index in [0.29, 0.717) is 16.7 Å². The molecule has 6 heteroatoms. The van der Waals surface area contributed by atoms with Crippen molar-refractivity contribution in [1.82, 2.24) is 0 Å². The lowest BCUT2D eigenvalue weighted by Gasteiger charge is -2.15. The molecular weight excluding hydrogens is 336 g/mol. The van der Waals surface area contributed by atoms with Crippen LogP contribution in [-0.2, 0) is 16.0 Å². The number of rotatable bonds is 7. The third-order valence-electron chi connectivity index (χ3n) is 3.71. The average Bonchev–Trinajstić information content (AvgIpc) is 2.58. The fraction of sp³-hybridized carbons (Fsp3) is 0.150. The molecule has 0 saturated carbocycles. The number of hydrogen-bond acceptors (Lipinski definition) is 5. The molecule has 2 aromatic rings. The smallest absolute Gasteiger partial charge is 0.345 e. The molecule has 1 unspecified atom stereocenters. The molecule has 2 aromatic carbocycles. The molecule has 0 fully saturated rings. The summed E-state index contributed by atoms with van der Waals surface area (Å²) in [6.45, 7) is 5.41.